The van der Waals surface area contributed by atoms with Gasteiger partial charge < -0.3 is 5.32 Å². The van der Waals surface area contributed by atoms with Crippen molar-refractivity contribution in [2.75, 3.05) is 5.32 Å². The lowest BCUT2D eigenvalue weighted by Gasteiger charge is -2.05. The van der Waals surface area contributed by atoms with Crippen molar-refractivity contribution in [3.05, 3.63) is 60.2 Å². The molecular formula is C14H11N2OS2. The van der Waals surface area contributed by atoms with E-state index in [2.05, 4.69) is 16.1 Å². The average molecular weight is 287 g/mol. The topological polar surface area (TPSA) is 41.1 Å². The minimum absolute atomic E-state index is 0.0866. The maximum atomic E-state index is 11.9. The highest BCUT2D eigenvalue weighted by molar-refractivity contribution is 8.27. The zero-order valence-corrected chi connectivity index (χ0v) is 11.6. The Morgan fingerprint density at radius 1 is 1.05 bits per heavy atom. The lowest BCUT2D eigenvalue weighted by molar-refractivity contribution is 0.0985. The molecule has 0 saturated heterocycles. The van der Waals surface area contributed by atoms with Gasteiger partial charge >= 0.3 is 0 Å². The van der Waals surface area contributed by atoms with E-state index in [-0.39, 0.29) is 5.91 Å². The first-order valence-corrected chi connectivity index (χ1v) is 7.39. The van der Waals surface area contributed by atoms with Gasteiger partial charge in [-0.2, -0.15) is 0 Å². The van der Waals surface area contributed by atoms with Crippen LogP contribution in [0.5, 0.6) is 0 Å². The molecule has 1 amide bonds. The summed E-state index contributed by atoms with van der Waals surface area (Å²) in [6.07, 6.45) is 0. The summed E-state index contributed by atoms with van der Waals surface area (Å²) in [7, 11) is 0. The number of carbonyl (C=O) groups is 1. The van der Waals surface area contributed by atoms with Crippen molar-refractivity contribution in [2.45, 2.75) is 4.90 Å². The maximum absolute atomic E-state index is 11.9. The summed E-state index contributed by atoms with van der Waals surface area (Å²) in [5, 5.41) is 3.27. The normalized spacial score (nSPS) is 12.3. The lowest BCUT2D eigenvalue weighted by Crippen LogP contribution is -2.19. The predicted octanol–water partition coefficient (Wildman–Crippen LogP) is 3.37. The number of rotatable bonds is 1. The van der Waals surface area contributed by atoms with E-state index in [9.17, 15) is 4.79 Å². The Hall–Kier alpha value is -1.85. The zero-order chi connectivity index (χ0) is 13.1. The molecule has 1 aliphatic rings. The summed E-state index contributed by atoms with van der Waals surface area (Å²) in [6.45, 7) is 0. The Kier molecular flexibility index (Phi) is 3.48. The van der Waals surface area contributed by atoms with Crippen molar-refractivity contribution < 1.29 is 4.79 Å². The van der Waals surface area contributed by atoms with Crippen molar-refractivity contribution in [1.29, 1.82) is 0 Å². The first-order valence-electron chi connectivity index (χ1n) is 5.76. The third-order valence-corrected chi connectivity index (χ3v) is 4.54. The second kappa shape index (κ2) is 5.42. The third-order valence-electron chi connectivity index (χ3n) is 2.60. The molecule has 3 rings (SSSR count). The van der Waals surface area contributed by atoms with Crippen molar-refractivity contribution in [3.8, 4) is 0 Å². The van der Waals surface area contributed by atoms with E-state index in [0.29, 0.717) is 5.56 Å². The number of hydrogen-bond donors (Lipinski definition) is 2. The van der Waals surface area contributed by atoms with E-state index in [4.69, 9.17) is 0 Å². The van der Waals surface area contributed by atoms with Gasteiger partial charge in [-0.3, -0.25) is 9.52 Å². The van der Waals surface area contributed by atoms with Gasteiger partial charge in [-0.1, -0.05) is 30.3 Å². The first-order chi connectivity index (χ1) is 9.33. The van der Waals surface area contributed by atoms with Crippen LogP contribution in [-0.2, 0) is 0 Å². The summed E-state index contributed by atoms with van der Waals surface area (Å²) in [6, 6.07) is 17.3. The molecule has 0 spiro atoms. The quantitative estimate of drug-likeness (QED) is 0.624. The highest BCUT2D eigenvalue weighted by atomic mass is 32.2. The fourth-order valence-corrected chi connectivity index (χ4v) is 3.44. The van der Waals surface area contributed by atoms with Crippen molar-refractivity contribution in [3.63, 3.8) is 0 Å². The van der Waals surface area contributed by atoms with Gasteiger partial charge in [-0.05, 0) is 24.3 Å². The van der Waals surface area contributed by atoms with Crippen LogP contribution in [0.2, 0.25) is 0 Å². The molecule has 0 atom stereocenters. The Balaban J connectivity index is 1.62. The minimum atomic E-state index is -0.0866. The summed E-state index contributed by atoms with van der Waals surface area (Å²) in [4.78, 5) is 13.1. The van der Waals surface area contributed by atoms with Crippen molar-refractivity contribution in [1.82, 2.24) is 4.72 Å². The maximum Gasteiger partial charge on any atom is 0.261 e. The number of para-hydroxylation sites is 1. The molecule has 0 unspecified atom stereocenters. The van der Waals surface area contributed by atoms with E-state index in [1.165, 1.54) is 16.8 Å². The van der Waals surface area contributed by atoms with E-state index in [1.54, 1.807) is 23.5 Å². The van der Waals surface area contributed by atoms with Crippen LogP contribution < -0.4 is 10.0 Å². The number of anilines is 1. The smallest absolute Gasteiger partial charge is 0.261 e. The van der Waals surface area contributed by atoms with Crippen LogP contribution in [-0.4, -0.2) is 10.2 Å². The van der Waals surface area contributed by atoms with Gasteiger partial charge in [0.25, 0.3) is 5.91 Å². The molecule has 1 aliphatic heterocycles. The molecule has 2 aromatic rings. The van der Waals surface area contributed by atoms with E-state index < -0.39 is 0 Å². The lowest BCUT2D eigenvalue weighted by atomic mass is 10.2. The molecule has 0 fully saturated rings. The van der Waals surface area contributed by atoms with Crippen LogP contribution >= 0.6 is 23.3 Å². The van der Waals surface area contributed by atoms with Gasteiger partial charge in [0, 0.05) is 17.5 Å². The predicted molar refractivity (Wildman–Crippen MR) is 82.4 cm³/mol. The average Bonchev–Trinajstić information content (AvgIpc) is 2.88. The number of carbonyl (C=O) groups excluding carboxylic acids is 1. The summed E-state index contributed by atoms with van der Waals surface area (Å²) >= 11 is 2.94. The molecule has 0 aromatic heterocycles. The van der Waals surface area contributed by atoms with E-state index in [0.717, 1.165) is 10.0 Å². The van der Waals surface area contributed by atoms with Gasteiger partial charge in [-0.25, -0.2) is 0 Å². The van der Waals surface area contributed by atoms with E-state index in [1.807, 2.05) is 36.4 Å². The van der Waals surface area contributed by atoms with Crippen LogP contribution in [0.25, 0.3) is 0 Å². The highest BCUT2D eigenvalue weighted by Gasteiger charge is 2.14. The highest BCUT2D eigenvalue weighted by Crippen LogP contribution is 2.31. The molecule has 2 aromatic carbocycles. The second-order valence-corrected chi connectivity index (χ2v) is 6.04. The number of nitrogens with one attached hydrogen (secondary N) is 2. The molecule has 1 heterocycles. The van der Waals surface area contributed by atoms with E-state index >= 15 is 0 Å². The van der Waals surface area contributed by atoms with Crippen LogP contribution in [0.3, 0.4) is 0 Å². The molecule has 0 bridgehead atoms. The number of hydrogen-bond acceptors (Lipinski definition) is 3. The van der Waals surface area contributed by atoms with Crippen LogP contribution in [0.4, 0.5) is 5.69 Å². The Labute approximate surface area is 119 Å². The number of fused-ring (bicyclic) bond motifs is 1. The molecular weight excluding hydrogens is 276 g/mol. The molecule has 1 radical (unpaired) electrons. The molecule has 0 saturated carbocycles. The van der Waals surface area contributed by atoms with Gasteiger partial charge in [-0.15, -0.1) is 11.4 Å². The fourth-order valence-electron chi connectivity index (χ4n) is 1.68. The summed E-state index contributed by atoms with van der Waals surface area (Å²) in [5.74, 6) is -0.0866. The monoisotopic (exact) mass is 287 g/mol. The molecule has 3 nitrogen and oxygen atoms in total. The fraction of sp³-hybridized carbons (Fsp3) is 0. The van der Waals surface area contributed by atoms with Crippen LogP contribution in [0, 0.1) is 0 Å². The molecule has 5 heteroatoms. The minimum Gasteiger partial charge on any atom is -0.339 e. The molecule has 19 heavy (non-hydrogen) atoms. The van der Waals surface area contributed by atoms with Crippen molar-refractivity contribution >= 4 is 39.2 Å². The van der Waals surface area contributed by atoms with Gasteiger partial charge in [0.15, 0.2) is 0 Å². The van der Waals surface area contributed by atoms with Crippen LogP contribution in [0.15, 0.2) is 59.5 Å². The van der Waals surface area contributed by atoms with Gasteiger partial charge in [0.1, 0.15) is 4.32 Å². The summed E-state index contributed by atoms with van der Waals surface area (Å²) in [5.41, 5.74) is 1.75. The Morgan fingerprint density at radius 2 is 1.79 bits per heavy atom. The van der Waals surface area contributed by atoms with Gasteiger partial charge in [0.05, 0.1) is 10.6 Å². The number of benzene rings is 2. The van der Waals surface area contributed by atoms with Crippen LogP contribution in [0.1, 0.15) is 10.4 Å². The molecule has 95 valence electrons. The molecule has 0 aliphatic carbocycles. The summed E-state index contributed by atoms with van der Waals surface area (Å²) < 4.78 is 3.80. The largest absolute Gasteiger partial charge is 0.339 e. The van der Waals surface area contributed by atoms with Crippen molar-refractivity contribution in [2.24, 2.45) is 0 Å². The van der Waals surface area contributed by atoms with Gasteiger partial charge in [0.2, 0.25) is 0 Å². The third kappa shape index (κ3) is 2.77. The SMILES string of the molecule is O=C(NSC1=[S]c2ccccc2N1)c1ccccc1. The zero-order valence-electron chi connectivity index (χ0n) is 9.92. The Morgan fingerprint density at radius 3 is 2.58 bits per heavy atom. The molecule has 2 N–H and O–H groups in total. The standard InChI is InChI=1S/C14H11N2OS2/c17-13(10-6-2-1-3-7-10)16-19-14-15-11-8-4-5-9-12(11)18-14/h1-9,15H,(H,16,17). The number of amides is 1. The second-order valence-electron chi connectivity index (χ2n) is 3.91. The Bertz CT molecular complexity index is 641. The first kappa shape index (κ1) is 12.2.